The van der Waals surface area contributed by atoms with Crippen molar-refractivity contribution in [2.45, 2.75) is 58.8 Å². The molecule has 0 radical (unpaired) electrons. The van der Waals surface area contributed by atoms with Crippen LogP contribution in [-0.2, 0) is 9.59 Å². The molecule has 1 aliphatic heterocycles. The number of β-lactam (4-membered cyclic amide) rings is 1. The Hall–Kier alpha value is -2.61. The SMILES string of the molecule is CC(C)(C)[C@@H](NC(=O)C(C)(C)N1CCC1=O)[C@@H](Oc1ccc(Cl)cc1)n1cncn1. The lowest BCUT2D eigenvalue weighted by Crippen LogP contribution is -2.65. The van der Waals surface area contributed by atoms with E-state index < -0.39 is 23.2 Å². The normalized spacial score (nSPS) is 16.6. The Bertz CT molecular complexity index is 890. The van der Waals surface area contributed by atoms with Crippen LogP contribution in [0.15, 0.2) is 36.9 Å². The fourth-order valence-electron chi connectivity index (χ4n) is 3.34. The van der Waals surface area contributed by atoms with E-state index in [0.29, 0.717) is 23.7 Å². The summed E-state index contributed by atoms with van der Waals surface area (Å²) in [4.78, 5) is 30.8. The van der Waals surface area contributed by atoms with Crippen LogP contribution in [0, 0.1) is 5.41 Å². The highest BCUT2D eigenvalue weighted by molar-refractivity contribution is 6.30. The number of halogens is 1. The molecular weight excluding hydrogens is 406 g/mol. The minimum absolute atomic E-state index is 0.0206. The second kappa shape index (κ2) is 8.26. The molecule has 1 aromatic heterocycles. The van der Waals surface area contributed by atoms with E-state index in [-0.39, 0.29) is 11.8 Å². The minimum atomic E-state index is -0.966. The highest BCUT2D eigenvalue weighted by Gasteiger charge is 2.45. The molecule has 1 N–H and O–H groups in total. The molecule has 1 fully saturated rings. The average Bonchev–Trinajstić information content (AvgIpc) is 3.17. The van der Waals surface area contributed by atoms with Crippen molar-refractivity contribution in [3.05, 3.63) is 41.9 Å². The van der Waals surface area contributed by atoms with Gasteiger partial charge in [-0.1, -0.05) is 32.4 Å². The molecule has 2 amide bonds. The molecule has 0 unspecified atom stereocenters. The quantitative estimate of drug-likeness (QED) is 0.678. The molecule has 0 saturated carbocycles. The highest BCUT2D eigenvalue weighted by Crippen LogP contribution is 2.32. The molecule has 2 heterocycles. The van der Waals surface area contributed by atoms with Crippen molar-refractivity contribution in [1.29, 1.82) is 0 Å². The maximum Gasteiger partial charge on any atom is 0.245 e. The van der Waals surface area contributed by atoms with Gasteiger partial charge in [0.25, 0.3) is 0 Å². The van der Waals surface area contributed by atoms with Gasteiger partial charge in [-0.25, -0.2) is 9.67 Å². The molecule has 2 atom stereocenters. The summed E-state index contributed by atoms with van der Waals surface area (Å²) in [5.41, 5.74) is -1.36. The third kappa shape index (κ3) is 4.59. The number of amides is 2. The lowest BCUT2D eigenvalue weighted by molar-refractivity contribution is -0.155. The minimum Gasteiger partial charge on any atom is -0.466 e. The van der Waals surface area contributed by atoms with Gasteiger partial charge in [0, 0.05) is 18.0 Å². The van der Waals surface area contributed by atoms with Gasteiger partial charge in [0.05, 0.1) is 6.04 Å². The van der Waals surface area contributed by atoms with E-state index in [1.807, 2.05) is 20.8 Å². The van der Waals surface area contributed by atoms with E-state index >= 15 is 0 Å². The number of likely N-dealkylation sites (tertiary alicyclic amines) is 1. The zero-order chi connectivity index (χ0) is 22.1. The van der Waals surface area contributed by atoms with Crippen molar-refractivity contribution in [3.63, 3.8) is 0 Å². The number of ether oxygens (including phenoxy) is 1. The van der Waals surface area contributed by atoms with Gasteiger partial charge in [-0.2, -0.15) is 5.10 Å². The number of hydrogen-bond acceptors (Lipinski definition) is 5. The fraction of sp³-hybridized carbons (Fsp3) is 0.524. The molecule has 1 saturated heterocycles. The Labute approximate surface area is 181 Å². The number of nitrogens with zero attached hydrogens (tertiary/aromatic N) is 4. The third-order valence-electron chi connectivity index (χ3n) is 5.35. The lowest BCUT2D eigenvalue weighted by atomic mass is 9.84. The van der Waals surface area contributed by atoms with Gasteiger partial charge >= 0.3 is 0 Å². The van der Waals surface area contributed by atoms with Crippen molar-refractivity contribution in [2.75, 3.05) is 6.54 Å². The third-order valence-corrected chi connectivity index (χ3v) is 5.61. The van der Waals surface area contributed by atoms with Crippen LogP contribution >= 0.6 is 11.6 Å². The molecular formula is C21H28ClN5O3. The van der Waals surface area contributed by atoms with Crippen molar-refractivity contribution < 1.29 is 14.3 Å². The molecule has 30 heavy (non-hydrogen) atoms. The first-order valence-electron chi connectivity index (χ1n) is 9.88. The van der Waals surface area contributed by atoms with E-state index in [2.05, 4.69) is 15.4 Å². The highest BCUT2D eigenvalue weighted by atomic mass is 35.5. The number of nitrogens with one attached hydrogen (secondary N) is 1. The summed E-state index contributed by atoms with van der Waals surface area (Å²) in [5, 5.41) is 7.96. The molecule has 3 rings (SSSR count). The molecule has 8 nitrogen and oxygen atoms in total. The molecule has 1 aliphatic rings. The number of carbonyl (C=O) groups excluding carboxylic acids is 2. The summed E-state index contributed by atoms with van der Waals surface area (Å²) in [6.07, 6.45) is 2.78. The summed E-state index contributed by atoms with van der Waals surface area (Å²) in [5.74, 6) is 0.313. The van der Waals surface area contributed by atoms with Crippen molar-refractivity contribution in [2.24, 2.45) is 5.41 Å². The van der Waals surface area contributed by atoms with Crippen LogP contribution < -0.4 is 10.1 Å². The van der Waals surface area contributed by atoms with Crippen LogP contribution in [0.1, 0.15) is 47.3 Å². The Balaban J connectivity index is 1.90. The molecule has 9 heteroatoms. The number of rotatable bonds is 7. The molecule has 1 aromatic carbocycles. The summed E-state index contributed by atoms with van der Waals surface area (Å²) in [7, 11) is 0. The van der Waals surface area contributed by atoms with Gasteiger partial charge in [-0.15, -0.1) is 0 Å². The maximum absolute atomic E-state index is 13.2. The number of aromatic nitrogens is 3. The summed E-state index contributed by atoms with van der Waals surface area (Å²) in [6.45, 7) is 10.1. The van der Waals surface area contributed by atoms with Gasteiger partial charge < -0.3 is 15.0 Å². The van der Waals surface area contributed by atoms with E-state index in [1.165, 1.54) is 6.33 Å². The number of benzene rings is 1. The van der Waals surface area contributed by atoms with Crippen LogP contribution in [0.2, 0.25) is 5.02 Å². The fourth-order valence-corrected chi connectivity index (χ4v) is 3.46. The first kappa shape index (κ1) is 22.1. The Morgan fingerprint density at radius 2 is 1.87 bits per heavy atom. The maximum atomic E-state index is 13.2. The number of carbonyl (C=O) groups is 2. The van der Waals surface area contributed by atoms with Crippen molar-refractivity contribution in [3.8, 4) is 5.75 Å². The van der Waals surface area contributed by atoms with Crippen LogP contribution in [0.25, 0.3) is 0 Å². The topological polar surface area (TPSA) is 89.4 Å². The van der Waals surface area contributed by atoms with Crippen molar-refractivity contribution >= 4 is 23.4 Å². The Kier molecular flexibility index (Phi) is 6.08. The smallest absolute Gasteiger partial charge is 0.245 e. The monoisotopic (exact) mass is 433 g/mol. The molecule has 162 valence electrons. The zero-order valence-electron chi connectivity index (χ0n) is 17.9. The first-order valence-corrected chi connectivity index (χ1v) is 10.3. The van der Waals surface area contributed by atoms with Gasteiger partial charge in [0.15, 0.2) is 0 Å². The van der Waals surface area contributed by atoms with Gasteiger partial charge in [0.1, 0.15) is 23.9 Å². The van der Waals surface area contributed by atoms with E-state index in [4.69, 9.17) is 16.3 Å². The molecule has 0 aliphatic carbocycles. The van der Waals surface area contributed by atoms with Crippen LogP contribution in [0.3, 0.4) is 0 Å². The standard InChI is InChI=1S/C21H28ClN5O3/c1-20(2,3)17(25-19(29)21(4,5)26-11-10-16(26)28)18(27-13-23-12-24-27)30-15-8-6-14(22)7-9-15/h6-9,12-13,17-18H,10-11H2,1-5H3,(H,25,29)/t17-,18+/m0/s1. The van der Waals surface area contributed by atoms with Crippen molar-refractivity contribution in [1.82, 2.24) is 25.0 Å². The lowest BCUT2D eigenvalue weighted by Gasteiger charge is -2.45. The summed E-state index contributed by atoms with van der Waals surface area (Å²) < 4.78 is 7.82. The predicted molar refractivity (Wildman–Crippen MR) is 113 cm³/mol. The van der Waals surface area contributed by atoms with E-state index in [0.717, 1.165) is 0 Å². The summed E-state index contributed by atoms with van der Waals surface area (Å²) >= 11 is 5.99. The number of hydrogen-bond donors (Lipinski definition) is 1. The van der Waals surface area contributed by atoms with E-state index in [9.17, 15) is 9.59 Å². The molecule has 0 spiro atoms. The van der Waals surface area contributed by atoms with Crippen LogP contribution in [0.5, 0.6) is 5.75 Å². The first-order chi connectivity index (χ1) is 14.0. The molecule has 2 aromatic rings. The second-order valence-corrected chi connectivity index (χ2v) is 9.45. The Morgan fingerprint density at radius 1 is 1.20 bits per heavy atom. The largest absolute Gasteiger partial charge is 0.466 e. The predicted octanol–water partition coefficient (Wildman–Crippen LogP) is 3.05. The van der Waals surface area contributed by atoms with Gasteiger partial charge in [-0.05, 0) is 43.5 Å². The second-order valence-electron chi connectivity index (χ2n) is 9.01. The summed E-state index contributed by atoms with van der Waals surface area (Å²) in [6, 6.07) is 6.52. The van der Waals surface area contributed by atoms with Gasteiger partial charge in [-0.3, -0.25) is 9.59 Å². The Morgan fingerprint density at radius 3 is 2.33 bits per heavy atom. The van der Waals surface area contributed by atoms with Gasteiger partial charge in [0.2, 0.25) is 18.0 Å². The average molecular weight is 434 g/mol. The van der Waals surface area contributed by atoms with E-state index in [1.54, 1.807) is 54.0 Å². The molecule has 0 bridgehead atoms. The van der Waals surface area contributed by atoms with Crippen LogP contribution in [0.4, 0.5) is 0 Å². The van der Waals surface area contributed by atoms with Crippen LogP contribution in [-0.4, -0.2) is 49.6 Å². The zero-order valence-corrected chi connectivity index (χ0v) is 18.7.